The Kier molecular flexibility index (Phi) is 4.80. The number of hydrogen-bond donors (Lipinski definition) is 2. The molecule has 7 heteroatoms. The van der Waals surface area contributed by atoms with Crippen LogP contribution in [0.3, 0.4) is 0 Å². The third-order valence-electron chi connectivity index (χ3n) is 4.45. The number of nitrogens with two attached hydrogens (primary N) is 1. The van der Waals surface area contributed by atoms with Gasteiger partial charge in [0.1, 0.15) is 9.71 Å². The smallest absolute Gasteiger partial charge is 0.263 e. The average Bonchev–Trinajstić information content (AvgIpc) is 3.28. The van der Waals surface area contributed by atoms with E-state index in [1.807, 2.05) is 36.4 Å². The predicted molar refractivity (Wildman–Crippen MR) is 106 cm³/mol. The van der Waals surface area contributed by atoms with Crippen molar-refractivity contribution in [1.82, 2.24) is 10.3 Å². The van der Waals surface area contributed by atoms with Crippen LogP contribution < -0.4 is 11.1 Å². The van der Waals surface area contributed by atoms with Crippen LogP contribution in [-0.2, 0) is 4.74 Å². The van der Waals surface area contributed by atoms with Crippen LogP contribution in [0, 0.1) is 0 Å². The highest BCUT2D eigenvalue weighted by Crippen LogP contribution is 2.34. The molecule has 0 bridgehead atoms. The topological polar surface area (TPSA) is 77.2 Å². The Labute approximate surface area is 160 Å². The molecule has 5 nitrogen and oxygen atoms in total. The summed E-state index contributed by atoms with van der Waals surface area (Å²) >= 11 is 7.25. The van der Waals surface area contributed by atoms with Gasteiger partial charge in [-0.05, 0) is 37.1 Å². The number of benzene rings is 1. The molecule has 3 aromatic rings. The van der Waals surface area contributed by atoms with E-state index in [1.165, 1.54) is 11.3 Å². The van der Waals surface area contributed by atoms with E-state index in [1.54, 1.807) is 0 Å². The summed E-state index contributed by atoms with van der Waals surface area (Å²) in [5.41, 5.74) is 8.46. The fourth-order valence-corrected chi connectivity index (χ4v) is 4.18. The number of anilines is 1. The number of rotatable bonds is 4. The lowest BCUT2D eigenvalue weighted by atomic mass is 10.1. The van der Waals surface area contributed by atoms with Gasteiger partial charge >= 0.3 is 0 Å². The van der Waals surface area contributed by atoms with Crippen molar-refractivity contribution in [2.24, 2.45) is 0 Å². The first-order valence-electron chi connectivity index (χ1n) is 8.46. The summed E-state index contributed by atoms with van der Waals surface area (Å²) in [5.74, 6) is -0.172. The molecular weight excluding hydrogens is 370 g/mol. The van der Waals surface area contributed by atoms with Gasteiger partial charge in [0, 0.05) is 29.1 Å². The van der Waals surface area contributed by atoms with Crippen molar-refractivity contribution in [1.29, 1.82) is 0 Å². The van der Waals surface area contributed by atoms with Crippen LogP contribution in [0.5, 0.6) is 0 Å². The van der Waals surface area contributed by atoms with Crippen molar-refractivity contribution in [3.8, 4) is 11.3 Å². The van der Waals surface area contributed by atoms with Crippen LogP contribution in [0.2, 0.25) is 5.02 Å². The highest BCUT2D eigenvalue weighted by Gasteiger charge is 2.20. The minimum Gasteiger partial charge on any atom is -0.397 e. The van der Waals surface area contributed by atoms with Crippen LogP contribution in [0.1, 0.15) is 22.5 Å². The Morgan fingerprint density at radius 3 is 2.85 bits per heavy atom. The normalized spacial score (nSPS) is 16.9. The van der Waals surface area contributed by atoms with Crippen molar-refractivity contribution >= 4 is 44.7 Å². The molecule has 1 amide bonds. The number of fused-ring (bicyclic) bond motifs is 1. The first-order chi connectivity index (χ1) is 12.6. The molecule has 0 spiro atoms. The maximum atomic E-state index is 12.5. The lowest BCUT2D eigenvalue weighted by Crippen LogP contribution is -2.31. The maximum Gasteiger partial charge on any atom is 0.263 e. The maximum absolute atomic E-state index is 12.5. The zero-order chi connectivity index (χ0) is 18.1. The molecular formula is C19H18ClN3O2S. The Hall–Kier alpha value is -2.15. The number of aromatic nitrogens is 1. The third kappa shape index (κ3) is 3.40. The number of amides is 1. The number of ether oxygens (including phenoxy) is 1. The zero-order valence-electron chi connectivity index (χ0n) is 14.0. The van der Waals surface area contributed by atoms with Gasteiger partial charge < -0.3 is 15.8 Å². The predicted octanol–water partition coefficient (Wildman–Crippen LogP) is 4.11. The molecule has 1 aliphatic heterocycles. The van der Waals surface area contributed by atoms with E-state index in [4.69, 9.17) is 22.1 Å². The van der Waals surface area contributed by atoms with E-state index in [0.29, 0.717) is 22.1 Å². The van der Waals surface area contributed by atoms with Gasteiger partial charge in [-0.15, -0.1) is 11.3 Å². The van der Waals surface area contributed by atoms with Crippen molar-refractivity contribution in [2.75, 3.05) is 18.9 Å². The van der Waals surface area contributed by atoms with Gasteiger partial charge in [0.05, 0.1) is 17.5 Å². The fraction of sp³-hybridized carbons (Fsp3) is 0.263. The van der Waals surface area contributed by atoms with E-state index in [9.17, 15) is 4.79 Å². The minimum atomic E-state index is -0.172. The first kappa shape index (κ1) is 17.3. The van der Waals surface area contributed by atoms with Crippen molar-refractivity contribution < 1.29 is 9.53 Å². The molecule has 1 unspecified atom stereocenters. The van der Waals surface area contributed by atoms with Crippen LogP contribution in [0.25, 0.3) is 21.5 Å². The zero-order valence-corrected chi connectivity index (χ0v) is 15.6. The number of nitrogens with one attached hydrogen (secondary N) is 1. The van der Waals surface area contributed by atoms with Gasteiger partial charge in [0.2, 0.25) is 0 Å². The fourth-order valence-electron chi connectivity index (χ4n) is 3.04. The van der Waals surface area contributed by atoms with Gasteiger partial charge in [0.15, 0.2) is 0 Å². The van der Waals surface area contributed by atoms with Gasteiger partial charge in [-0.3, -0.25) is 4.79 Å². The Morgan fingerprint density at radius 2 is 2.12 bits per heavy atom. The molecule has 3 heterocycles. The molecule has 2 aromatic heterocycles. The molecule has 134 valence electrons. The van der Waals surface area contributed by atoms with E-state index >= 15 is 0 Å². The van der Waals surface area contributed by atoms with E-state index in [2.05, 4.69) is 10.3 Å². The van der Waals surface area contributed by atoms with Gasteiger partial charge in [-0.1, -0.05) is 23.7 Å². The quantitative estimate of drug-likeness (QED) is 0.706. The van der Waals surface area contributed by atoms with E-state index in [0.717, 1.165) is 40.9 Å². The second-order valence-electron chi connectivity index (χ2n) is 6.25. The molecule has 1 atom stereocenters. The minimum absolute atomic E-state index is 0.101. The third-order valence-corrected chi connectivity index (χ3v) is 5.82. The molecule has 1 fully saturated rings. The molecule has 1 aromatic carbocycles. The van der Waals surface area contributed by atoms with Crippen molar-refractivity contribution in [2.45, 2.75) is 18.9 Å². The monoisotopic (exact) mass is 387 g/mol. The molecule has 1 saturated heterocycles. The number of nitrogen functional groups attached to an aromatic ring is 1. The molecule has 4 rings (SSSR count). The molecule has 3 N–H and O–H groups in total. The van der Waals surface area contributed by atoms with Gasteiger partial charge in [-0.2, -0.15) is 0 Å². The SMILES string of the molecule is Nc1c(C(=O)NCC2CCCO2)sc2nc(-c3ccc(Cl)cc3)ccc12. The second-order valence-corrected chi connectivity index (χ2v) is 7.68. The number of hydrogen-bond acceptors (Lipinski definition) is 5. The van der Waals surface area contributed by atoms with Crippen LogP contribution >= 0.6 is 22.9 Å². The number of thiophene rings is 1. The average molecular weight is 388 g/mol. The number of nitrogens with zero attached hydrogens (tertiary/aromatic N) is 1. The molecule has 26 heavy (non-hydrogen) atoms. The summed E-state index contributed by atoms with van der Waals surface area (Å²) in [4.78, 5) is 18.4. The van der Waals surface area contributed by atoms with E-state index < -0.39 is 0 Å². The summed E-state index contributed by atoms with van der Waals surface area (Å²) in [5, 5.41) is 4.40. The first-order valence-corrected chi connectivity index (χ1v) is 9.66. The molecule has 0 aliphatic carbocycles. The Morgan fingerprint density at radius 1 is 1.31 bits per heavy atom. The van der Waals surface area contributed by atoms with Crippen LogP contribution in [0.4, 0.5) is 5.69 Å². The summed E-state index contributed by atoms with van der Waals surface area (Å²) in [6.45, 7) is 1.28. The Balaban J connectivity index is 1.59. The van der Waals surface area contributed by atoms with E-state index in [-0.39, 0.29) is 12.0 Å². The molecule has 1 aliphatic rings. The summed E-state index contributed by atoms with van der Waals surface area (Å²) in [7, 11) is 0. The van der Waals surface area contributed by atoms with Gasteiger partial charge in [-0.25, -0.2) is 4.98 Å². The Bertz CT molecular complexity index is 949. The van der Waals surface area contributed by atoms with Crippen molar-refractivity contribution in [3.63, 3.8) is 0 Å². The number of carbonyl (C=O) groups excluding carboxylic acids is 1. The molecule has 0 radical (unpaired) electrons. The highest BCUT2D eigenvalue weighted by atomic mass is 35.5. The standard InChI is InChI=1S/C19H18ClN3O2S/c20-12-5-3-11(4-6-12)15-8-7-14-16(21)17(26-19(14)23-15)18(24)22-10-13-2-1-9-25-13/h3-8,13H,1-2,9-10,21H2,(H,22,24). The van der Waals surface area contributed by atoms with Crippen molar-refractivity contribution in [3.05, 3.63) is 46.3 Å². The number of carbonyl (C=O) groups is 1. The number of pyridine rings is 1. The summed E-state index contributed by atoms with van der Waals surface area (Å²) < 4.78 is 5.54. The lowest BCUT2D eigenvalue weighted by Gasteiger charge is -2.10. The summed E-state index contributed by atoms with van der Waals surface area (Å²) in [6.07, 6.45) is 2.13. The van der Waals surface area contributed by atoms with Crippen LogP contribution in [-0.4, -0.2) is 30.1 Å². The highest BCUT2D eigenvalue weighted by molar-refractivity contribution is 7.21. The second kappa shape index (κ2) is 7.23. The van der Waals surface area contributed by atoms with Gasteiger partial charge in [0.25, 0.3) is 5.91 Å². The number of halogens is 1. The molecule has 0 saturated carbocycles. The largest absolute Gasteiger partial charge is 0.397 e. The summed E-state index contributed by atoms with van der Waals surface area (Å²) in [6, 6.07) is 11.3. The lowest BCUT2D eigenvalue weighted by molar-refractivity contribution is 0.0862. The van der Waals surface area contributed by atoms with Crippen LogP contribution in [0.15, 0.2) is 36.4 Å².